The lowest BCUT2D eigenvalue weighted by molar-refractivity contribution is 0.656. The molecule has 0 N–H and O–H groups in total. The Hall–Kier alpha value is -0.780. The quantitative estimate of drug-likeness (QED) is 0.536. The number of benzene rings is 1. The van der Waals surface area contributed by atoms with Crippen molar-refractivity contribution in [2.45, 2.75) is 72.6 Å². The van der Waals surface area contributed by atoms with Gasteiger partial charge in [-0.1, -0.05) is 89.1 Å². The van der Waals surface area contributed by atoms with Crippen LogP contribution in [0.3, 0.4) is 0 Å². The highest BCUT2D eigenvalue weighted by atomic mass is 13.9. The molecule has 0 aliphatic rings. The average molecular weight is 234 g/mol. The second-order valence-electron chi connectivity index (χ2n) is 4.80. The van der Waals surface area contributed by atoms with Gasteiger partial charge in [0, 0.05) is 0 Å². The van der Waals surface area contributed by atoms with Crippen LogP contribution in [0, 0.1) is 6.92 Å². The Bertz CT molecular complexity index is 258. The normalized spacial score (nSPS) is 9.65. The largest absolute Gasteiger partial charge is 0.0654 e. The summed E-state index contributed by atoms with van der Waals surface area (Å²) in [6, 6.07) is 8.71. The van der Waals surface area contributed by atoms with Crippen molar-refractivity contribution in [3.63, 3.8) is 0 Å². The number of hydrogen-bond donors (Lipinski definition) is 0. The van der Waals surface area contributed by atoms with Crippen molar-refractivity contribution in [3.8, 4) is 0 Å². The van der Waals surface area contributed by atoms with E-state index in [-0.39, 0.29) is 0 Å². The van der Waals surface area contributed by atoms with Gasteiger partial charge >= 0.3 is 0 Å². The Morgan fingerprint density at radius 2 is 1.47 bits per heavy atom. The molecule has 1 rings (SSSR count). The van der Waals surface area contributed by atoms with Crippen molar-refractivity contribution in [1.29, 1.82) is 0 Å². The lowest BCUT2D eigenvalue weighted by Gasteiger charge is -1.97. The molecular formula is C17H30. The first-order valence-corrected chi connectivity index (χ1v) is 7.30. The lowest BCUT2D eigenvalue weighted by atomic mass is 10.1. The fourth-order valence-corrected chi connectivity index (χ4v) is 1.83. The van der Waals surface area contributed by atoms with E-state index in [2.05, 4.69) is 52.0 Å². The zero-order valence-corrected chi connectivity index (χ0v) is 12.3. The Morgan fingerprint density at radius 3 is 1.94 bits per heavy atom. The van der Waals surface area contributed by atoms with E-state index in [1.807, 2.05) is 0 Å². The maximum atomic E-state index is 2.25. The smallest absolute Gasteiger partial charge is 0.0281 e. The topological polar surface area (TPSA) is 0 Å². The zero-order chi connectivity index (χ0) is 12.9. The van der Waals surface area contributed by atoms with Gasteiger partial charge in [0.25, 0.3) is 0 Å². The summed E-state index contributed by atoms with van der Waals surface area (Å²) in [5, 5.41) is 0. The standard InChI is InChI=1S/C10H14.C7H16/c1-3-5-10-7-4-6-9(2)8-10;1-3-5-7-6-4-2/h4,6-8H,3,5H2,1-2H3;3-7H2,1-2H3. The van der Waals surface area contributed by atoms with E-state index >= 15 is 0 Å². The van der Waals surface area contributed by atoms with Crippen LogP contribution in [0.4, 0.5) is 0 Å². The molecule has 0 aromatic heterocycles. The Labute approximate surface area is 108 Å². The Kier molecular flexibility index (Phi) is 11.2. The molecule has 0 nitrogen and oxygen atoms in total. The van der Waals surface area contributed by atoms with E-state index in [0.717, 1.165) is 0 Å². The maximum absolute atomic E-state index is 2.25. The van der Waals surface area contributed by atoms with Crippen molar-refractivity contribution >= 4 is 0 Å². The van der Waals surface area contributed by atoms with Crippen LogP contribution < -0.4 is 0 Å². The monoisotopic (exact) mass is 234 g/mol. The van der Waals surface area contributed by atoms with Gasteiger partial charge in [0.15, 0.2) is 0 Å². The lowest BCUT2D eigenvalue weighted by Crippen LogP contribution is -1.82. The van der Waals surface area contributed by atoms with Crippen LogP contribution in [-0.2, 0) is 6.42 Å². The molecule has 0 unspecified atom stereocenters. The molecule has 0 aliphatic heterocycles. The molecule has 98 valence electrons. The van der Waals surface area contributed by atoms with Crippen LogP contribution in [-0.4, -0.2) is 0 Å². The third-order valence-corrected chi connectivity index (χ3v) is 2.83. The molecule has 0 fully saturated rings. The third-order valence-electron chi connectivity index (χ3n) is 2.83. The molecule has 0 heteroatoms. The van der Waals surface area contributed by atoms with Gasteiger partial charge in [-0.05, 0) is 18.9 Å². The van der Waals surface area contributed by atoms with Crippen LogP contribution in [0.2, 0.25) is 0 Å². The van der Waals surface area contributed by atoms with Crippen LogP contribution in [0.5, 0.6) is 0 Å². The van der Waals surface area contributed by atoms with Crippen LogP contribution in [0.15, 0.2) is 24.3 Å². The highest BCUT2D eigenvalue weighted by Gasteiger charge is 1.88. The fraction of sp³-hybridized carbons (Fsp3) is 0.647. The number of hydrogen-bond acceptors (Lipinski definition) is 0. The van der Waals surface area contributed by atoms with Crippen LogP contribution >= 0.6 is 0 Å². The molecule has 0 spiro atoms. The van der Waals surface area contributed by atoms with Gasteiger partial charge in [0.05, 0.1) is 0 Å². The molecule has 1 aromatic rings. The summed E-state index contributed by atoms with van der Waals surface area (Å²) in [5.41, 5.74) is 2.83. The summed E-state index contributed by atoms with van der Waals surface area (Å²) in [6.45, 7) is 8.84. The summed E-state index contributed by atoms with van der Waals surface area (Å²) >= 11 is 0. The molecule has 0 aliphatic carbocycles. The maximum Gasteiger partial charge on any atom is -0.0281 e. The summed E-state index contributed by atoms with van der Waals surface area (Å²) in [6.07, 6.45) is 9.46. The van der Waals surface area contributed by atoms with Gasteiger partial charge in [-0.25, -0.2) is 0 Å². The Balaban J connectivity index is 0.000000325. The van der Waals surface area contributed by atoms with Gasteiger partial charge < -0.3 is 0 Å². The highest BCUT2D eigenvalue weighted by Crippen LogP contribution is 2.05. The first-order valence-electron chi connectivity index (χ1n) is 7.30. The van der Waals surface area contributed by atoms with Crippen LogP contribution in [0.1, 0.15) is 70.4 Å². The number of aryl methyl sites for hydroxylation is 2. The molecule has 0 saturated heterocycles. The van der Waals surface area contributed by atoms with Gasteiger partial charge in [0.1, 0.15) is 0 Å². The highest BCUT2D eigenvalue weighted by molar-refractivity contribution is 5.21. The molecular weight excluding hydrogens is 204 g/mol. The van der Waals surface area contributed by atoms with Crippen molar-refractivity contribution in [3.05, 3.63) is 35.4 Å². The Morgan fingerprint density at radius 1 is 0.824 bits per heavy atom. The van der Waals surface area contributed by atoms with Gasteiger partial charge in [-0.3, -0.25) is 0 Å². The third kappa shape index (κ3) is 10.1. The van der Waals surface area contributed by atoms with Crippen LogP contribution in [0.25, 0.3) is 0 Å². The summed E-state index contributed by atoms with van der Waals surface area (Å²) < 4.78 is 0. The second-order valence-corrected chi connectivity index (χ2v) is 4.80. The summed E-state index contributed by atoms with van der Waals surface area (Å²) in [5.74, 6) is 0. The molecule has 0 bridgehead atoms. The van der Waals surface area contributed by atoms with Gasteiger partial charge in [-0.2, -0.15) is 0 Å². The first kappa shape index (κ1) is 16.2. The number of unbranched alkanes of at least 4 members (excludes halogenated alkanes) is 4. The van der Waals surface area contributed by atoms with Gasteiger partial charge in [0.2, 0.25) is 0 Å². The molecule has 0 heterocycles. The minimum Gasteiger partial charge on any atom is -0.0654 e. The summed E-state index contributed by atoms with van der Waals surface area (Å²) in [4.78, 5) is 0. The molecule has 17 heavy (non-hydrogen) atoms. The SMILES string of the molecule is CCCCCCC.CCCc1cccc(C)c1. The predicted molar refractivity (Wildman–Crippen MR) is 79.6 cm³/mol. The van der Waals surface area contributed by atoms with E-state index in [0.29, 0.717) is 0 Å². The fourth-order valence-electron chi connectivity index (χ4n) is 1.83. The van der Waals surface area contributed by atoms with Crippen molar-refractivity contribution in [2.75, 3.05) is 0 Å². The van der Waals surface area contributed by atoms with E-state index in [1.54, 1.807) is 0 Å². The van der Waals surface area contributed by atoms with Gasteiger partial charge in [-0.15, -0.1) is 0 Å². The number of rotatable bonds is 6. The molecule has 1 aromatic carbocycles. The molecule has 0 saturated carbocycles. The van der Waals surface area contributed by atoms with Crippen molar-refractivity contribution in [2.24, 2.45) is 0 Å². The zero-order valence-electron chi connectivity index (χ0n) is 12.3. The molecule has 0 atom stereocenters. The van der Waals surface area contributed by atoms with E-state index in [4.69, 9.17) is 0 Å². The van der Waals surface area contributed by atoms with E-state index < -0.39 is 0 Å². The molecule has 0 radical (unpaired) electrons. The van der Waals surface area contributed by atoms with E-state index in [1.165, 1.54) is 56.1 Å². The minimum absolute atomic E-state index is 1.21. The predicted octanol–water partition coefficient (Wildman–Crippen LogP) is 5.92. The van der Waals surface area contributed by atoms with Crippen molar-refractivity contribution in [1.82, 2.24) is 0 Å². The van der Waals surface area contributed by atoms with Crippen molar-refractivity contribution < 1.29 is 0 Å². The van der Waals surface area contributed by atoms with E-state index in [9.17, 15) is 0 Å². The average Bonchev–Trinajstić information content (AvgIpc) is 2.31. The molecule has 0 amide bonds. The first-order chi connectivity index (χ1) is 8.24. The second kappa shape index (κ2) is 11.7. The minimum atomic E-state index is 1.21. The summed E-state index contributed by atoms with van der Waals surface area (Å²) in [7, 11) is 0.